The highest BCUT2D eigenvalue weighted by Crippen LogP contribution is 2.39. The third-order valence-corrected chi connectivity index (χ3v) is 8.29. The average molecular weight is 524 g/mol. The van der Waals surface area contributed by atoms with Crippen LogP contribution in [0.2, 0.25) is 0 Å². The van der Waals surface area contributed by atoms with Gasteiger partial charge in [-0.2, -0.15) is 5.10 Å². The summed E-state index contributed by atoms with van der Waals surface area (Å²) in [6, 6.07) is 5.08. The molecule has 4 rings (SSSR count). The van der Waals surface area contributed by atoms with Gasteiger partial charge in [0.15, 0.2) is 17.5 Å². The maximum Gasteiger partial charge on any atom is 0.250 e. The normalized spacial score (nSPS) is 13.9. The standard InChI is InChI=1S/C23H27N7O3S2.5H2/c1-5-14-13-25-21(28-20(14)27-18-12-16(29-30-18)15-6-7-15)17-8-9-19(34-17)35(32,33)26-11-10-24-22(31)23(2,3)4;;;;;/h1,8-9,12-13,15,26H,6-7,10-11H2,2-4H3,(H,24,31)(H2,25,27,28,29,30);5*1H. The Morgan fingerprint density at radius 3 is 2.77 bits per heavy atom. The van der Waals surface area contributed by atoms with Crippen LogP contribution in [0.15, 0.2) is 28.6 Å². The van der Waals surface area contributed by atoms with E-state index in [0.29, 0.717) is 33.8 Å². The molecule has 0 spiro atoms. The number of aromatic nitrogens is 4. The molecule has 0 saturated heterocycles. The first-order valence-corrected chi connectivity index (χ1v) is 13.4. The molecule has 0 bridgehead atoms. The fraction of sp³-hybridized carbons (Fsp3) is 0.391. The van der Waals surface area contributed by atoms with Gasteiger partial charge in [-0.3, -0.25) is 9.89 Å². The van der Waals surface area contributed by atoms with Crippen molar-refractivity contribution in [1.82, 2.24) is 30.2 Å². The van der Waals surface area contributed by atoms with Gasteiger partial charge in [0.05, 0.1) is 10.4 Å². The largest absolute Gasteiger partial charge is 0.354 e. The minimum Gasteiger partial charge on any atom is -0.354 e. The zero-order chi connectivity index (χ0) is 25.2. The Morgan fingerprint density at radius 2 is 2.09 bits per heavy atom. The molecule has 1 amide bonds. The molecule has 35 heavy (non-hydrogen) atoms. The second-order valence-electron chi connectivity index (χ2n) is 9.23. The van der Waals surface area contributed by atoms with Gasteiger partial charge in [0, 0.05) is 49.5 Å². The van der Waals surface area contributed by atoms with E-state index in [1.165, 1.54) is 12.3 Å². The van der Waals surface area contributed by atoms with Gasteiger partial charge in [-0.05, 0) is 25.0 Å². The summed E-state index contributed by atoms with van der Waals surface area (Å²) in [5.74, 6) is 4.29. The molecule has 12 heteroatoms. The predicted octanol–water partition coefficient (Wildman–Crippen LogP) is 4.20. The molecule has 0 radical (unpaired) electrons. The van der Waals surface area contributed by atoms with Gasteiger partial charge in [0.2, 0.25) is 15.9 Å². The molecule has 1 fully saturated rings. The van der Waals surface area contributed by atoms with Crippen LogP contribution in [0.1, 0.15) is 57.9 Å². The Hall–Kier alpha value is -3.27. The molecule has 194 valence electrons. The van der Waals surface area contributed by atoms with Crippen molar-refractivity contribution in [2.24, 2.45) is 5.41 Å². The van der Waals surface area contributed by atoms with Gasteiger partial charge >= 0.3 is 0 Å². The third kappa shape index (κ3) is 6.05. The Morgan fingerprint density at radius 1 is 1.31 bits per heavy atom. The van der Waals surface area contributed by atoms with Crippen LogP contribution in [0, 0.1) is 17.8 Å². The van der Waals surface area contributed by atoms with Crippen molar-refractivity contribution in [3.8, 4) is 23.0 Å². The number of aromatic amines is 1. The predicted molar refractivity (Wildman–Crippen MR) is 145 cm³/mol. The van der Waals surface area contributed by atoms with E-state index in [1.807, 2.05) is 6.07 Å². The number of hydrogen-bond acceptors (Lipinski definition) is 8. The van der Waals surface area contributed by atoms with Crippen molar-refractivity contribution in [1.29, 1.82) is 0 Å². The number of nitrogens with one attached hydrogen (secondary N) is 4. The van der Waals surface area contributed by atoms with Crippen molar-refractivity contribution in [3.05, 3.63) is 35.7 Å². The molecule has 4 N–H and O–H groups in total. The second kappa shape index (κ2) is 9.77. The fourth-order valence-corrected chi connectivity index (χ4v) is 5.43. The molecular weight excluding hydrogens is 486 g/mol. The van der Waals surface area contributed by atoms with E-state index in [9.17, 15) is 13.2 Å². The van der Waals surface area contributed by atoms with Crippen molar-refractivity contribution in [3.63, 3.8) is 0 Å². The lowest BCUT2D eigenvalue weighted by Gasteiger charge is -2.17. The van der Waals surface area contributed by atoms with Crippen LogP contribution in [0.3, 0.4) is 0 Å². The molecule has 3 aromatic heterocycles. The number of sulfonamides is 1. The number of anilines is 2. The molecule has 0 aromatic carbocycles. The van der Waals surface area contributed by atoms with Crippen molar-refractivity contribution in [2.75, 3.05) is 18.4 Å². The molecule has 0 unspecified atom stereocenters. The van der Waals surface area contributed by atoms with Crippen LogP contribution in [0.5, 0.6) is 0 Å². The summed E-state index contributed by atoms with van der Waals surface area (Å²) in [7, 11) is -3.75. The molecule has 1 saturated carbocycles. The van der Waals surface area contributed by atoms with Crippen LogP contribution in [0.25, 0.3) is 10.7 Å². The number of amides is 1. The average Bonchev–Trinajstić information content (AvgIpc) is 3.33. The Bertz CT molecular complexity index is 1400. The highest BCUT2D eigenvalue weighted by Gasteiger charge is 2.26. The molecule has 0 atom stereocenters. The molecule has 10 nitrogen and oxygen atoms in total. The number of carbonyl (C=O) groups is 1. The number of H-pyrrole nitrogens is 1. The minimum atomic E-state index is -3.75. The first kappa shape index (κ1) is 24.8. The maximum absolute atomic E-state index is 12.7. The number of hydrogen-bond donors (Lipinski definition) is 4. The first-order chi connectivity index (χ1) is 16.6. The second-order valence-corrected chi connectivity index (χ2v) is 12.3. The van der Waals surface area contributed by atoms with Crippen molar-refractivity contribution < 1.29 is 20.3 Å². The Kier molecular flexibility index (Phi) is 6.93. The van der Waals surface area contributed by atoms with Gasteiger partial charge in [0.1, 0.15) is 4.21 Å². The van der Waals surface area contributed by atoms with Crippen molar-refractivity contribution >= 4 is 38.9 Å². The lowest BCUT2D eigenvalue weighted by molar-refractivity contribution is -0.128. The SMILES string of the molecule is C#Cc1cnc(-c2ccc(S(=O)(=O)NCCNC(=O)C(C)(C)C)s2)nc1Nc1cc(C2CC2)[nH]n1.[HH].[HH].[HH].[HH].[HH]. The van der Waals surface area contributed by atoms with Crippen LogP contribution < -0.4 is 15.4 Å². The Labute approximate surface area is 215 Å². The van der Waals surface area contributed by atoms with E-state index >= 15 is 0 Å². The molecule has 3 aromatic rings. The summed E-state index contributed by atoms with van der Waals surface area (Å²) in [5.41, 5.74) is 0.997. The molecule has 0 aliphatic heterocycles. The number of rotatable bonds is 9. The van der Waals surface area contributed by atoms with Gasteiger partial charge in [-0.25, -0.2) is 23.1 Å². The summed E-state index contributed by atoms with van der Waals surface area (Å²) in [6.45, 7) is 5.64. The minimum absolute atomic E-state index is 0. The van der Waals surface area contributed by atoms with Gasteiger partial charge in [0.25, 0.3) is 0 Å². The lowest BCUT2D eigenvalue weighted by Crippen LogP contribution is -2.39. The maximum atomic E-state index is 12.7. The molecule has 1 aliphatic rings. The van der Waals surface area contributed by atoms with Crippen molar-refractivity contribution in [2.45, 2.75) is 43.7 Å². The zero-order valence-corrected chi connectivity index (χ0v) is 21.3. The van der Waals surface area contributed by atoms with Crippen LogP contribution in [0.4, 0.5) is 11.6 Å². The quantitative estimate of drug-likeness (QED) is 0.243. The van der Waals surface area contributed by atoms with Gasteiger partial charge < -0.3 is 10.6 Å². The van der Waals surface area contributed by atoms with E-state index < -0.39 is 15.4 Å². The highest BCUT2D eigenvalue weighted by atomic mass is 32.2. The zero-order valence-electron chi connectivity index (χ0n) is 19.7. The Balaban J connectivity index is 0. The van der Waals surface area contributed by atoms with Crippen LogP contribution in [-0.4, -0.2) is 47.6 Å². The summed E-state index contributed by atoms with van der Waals surface area (Å²) < 4.78 is 28.0. The van der Waals surface area contributed by atoms with E-state index in [-0.39, 0.29) is 30.3 Å². The number of thiophene rings is 1. The highest BCUT2D eigenvalue weighted by molar-refractivity contribution is 7.91. The van der Waals surface area contributed by atoms with E-state index in [1.54, 1.807) is 26.8 Å². The molecular formula is C23H37N7O3S2. The summed E-state index contributed by atoms with van der Waals surface area (Å²) >= 11 is 1.04. The third-order valence-electron chi connectivity index (χ3n) is 5.26. The smallest absolute Gasteiger partial charge is 0.250 e. The monoisotopic (exact) mass is 523 g/mol. The van der Waals surface area contributed by atoms with E-state index in [0.717, 1.165) is 29.9 Å². The van der Waals surface area contributed by atoms with E-state index in [4.69, 9.17) is 6.42 Å². The molecule has 3 heterocycles. The fourth-order valence-electron chi connectivity index (χ4n) is 3.11. The summed E-state index contributed by atoms with van der Waals surface area (Å²) in [4.78, 5) is 21.3. The van der Waals surface area contributed by atoms with Gasteiger partial charge in [-0.1, -0.05) is 26.7 Å². The van der Waals surface area contributed by atoms with Crippen LogP contribution in [-0.2, 0) is 14.8 Å². The number of terminal acetylenes is 1. The lowest BCUT2D eigenvalue weighted by atomic mass is 9.96. The topological polar surface area (TPSA) is 142 Å². The van der Waals surface area contributed by atoms with Crippen LogP contribution >= 0.6 is 11.3 Å². The summed E-state index contributed by atoms with van der Waals surface area (Å²) in [5, 5.41) is 13.1. The first-order valence-electron chi connectivity index (χ1n) is 11.1. The van der Waals surface area contributed by atoms with E-state index in [2.05, 4.69) is 41.4 Å². The van der Waals surface area contributed by atoms with Gasteiger partial charge in [-0.15, -0.1) is 17.8 Å². The number of carbonyl (C=O) groups excluding carboxylic acids is 1. The number of nitrogens with zero attached hydrogens (tertiary/aromatic N) is 3. The molecule has 1 aliphatic carbocycles. The summed E-state index contributed by atoms with van der Waals surface area (Å²) in [6.07, 6.45) is 9.43.